The maximum absolute atomic E-state index is 13.2. The van der Waals surface area contributed by atoms with Gasteiger partial charge in [0.25, 0.3) is 5.56 Å². The van der Waals surface area contributed by atoms with E-state index in [1.165, 1.54) is 0 Å². The summed E-state index contributed by atoms with van der Waals surface area (Å²) in [6, 6.07) is 7.42. The molecule has 0 amide bonds. The van der Waals surface area contributed by atoms with Crippen molar-refractivity contribution >= 4 is 35.0 Å². The van der Waals surface area contributed by atoms with E-state index < -0.39 is 5.92 Å². The van der Waals surface area contributed by atoms with Crippen LogP contribution in [0.1, 0.15) is 64.0 Å². The van der Waals surface area contributed by atoms with Crippen LogP contribution in [0.5, 0.6) is 0 Å². The third-order valence-electron chi connectivity index (χ3n) is 5.80. The summed E-state index contributed by atoms with van der Waals surface area (Å²) in [5.74, 6) is 0.0629. The Bertz CT molecular complexity index is 1110. The first-order chi connectivity index (χ1) is 14.2. The second-order valence-corrected chi connectivity index (χ2v) is 10.7. The van der Waals surface area contributed by atoms with Crippen LogP contribution in [0.15, 0.2) is 45.5 Å². The van der Waals surface area contributed by atoms with Crippen LogP contribution in [0.4, 0.5) is 5.82 Å². The molecular weight excluding hydrogens is 418 g/mol. The highest BCUT2D eigenvalue weighted by Gasteiger charge is 2.42. The lowest BCUT2D eigenvalue weighted by Gasteiger charge is -2.38. The Morgan fingerprint density at radius 1 is 1.27 bits per heavy atom. The molecular formula is C23H26ClN3O2S. The molecule has 2 atom stereocenters. The summed E-state index contributed by atoms with van der Waals surface area (Å²) in [4.78, 5) is 34.1. The maximum Gasteiger partial charge on any atom is 0.257 e. The molecule has 1 aromatic heterocycles. The molecule has 5 nitrogen and oxygen atoms in total. The molecule has 2 aromatic rings. The molecule has 7 heteroatoms. The van der Waals surface area contributed by atoms with E-state index in [0.717, 1.165) is 24.1 Å². The number of anilines is 1. The minimum atomic E-state index is -0.521. The van der Waals surface area contributed by atoms with Gasteiger partial charge in [0.05, 0.1) is 5.56 Å². The largest absolute Gasteiger partial charge is 0.343 e. The van der Waals surface area contributed by atoms with E-state index in [1.807, 2.05) is 18.2 Å². The first kappa shape index (κ1) is 21.2. The van der Waals surface area contributed by atoms with Gasteiger partial charge >= 0.3 is 0 Å². The van der Waals surface area contributed by atoms with Gasteiger partial charge in [-0.1, -0.05) is 69.3 Å². The molecule has 2 unspecified atom stereocenters. The summed E-state index contributed by atoms with van der Waals surface area (Å²) in [5, 5.41) is 4.81. The minimum absolute atomic E-state index is 0.0572. The van der Waals surface area contributed by atoms with Gasteiger partial charge in [0.2, 0.25) is 0 Å². The van der Waals surface area contributed by atoms with Gasteiger partial charge in [-0.2, -0.15) is 0 Å². The number of halogens is 1. The Morgan fingerprint density at radius 3 is 2.70 bits per heavy atom. The number of aromatic nitrogens is 2. The highest BCUT2D eigenvalue weighted by atomic mass is 35.5. The molecule has 158 valence electrons. The standard InChI is InChI=1S/C23H26ClN3O2S/c1-5-12(2)30-22-26-20-19(21(29)27-22)17(13-8-6-7-9-14(13)24)18-15(25-20)10-23(3,4)11-16(18)28/h6-9,12,17H,5,10-11H2,1-4H3,(H2,25,26,27,29). The number of ketones is 1. The number of fused-ring (bicyclic) bond motifs is 1. The van der Waals surface area contributed by atoms with Crippen molar-refractivity contribution in [1.82, 2.24) is 9.97 Å². The molecule has 0 fully saturated rings. The van der Waals surface area contributed by atoms with Gasteiger partial charge in [0.15, 0.2) is 10.9 Å². The van der Waals surface area contributed by atoms with Crippen LogP contribution in [-0.2, 0) is 4.79 Å². The van der Waals surface area contributed by atoms with Crippen molar-refractivity contribution in [3.05, 3.63) is 62.0 Å². The van der Waals surface area contributed by atoms with Gasteiger partial charge < -0.3 is 10.3 Å². The summed E-state index contributed by atoms with van der Waals surface area (Å²) < 4.78 is 0. The highest BCUT2D eigenvalue weighted by Crippen LogP contribution is 2.48. The summed E-state index contributed by atoms with van der Waals surface area (Å²) in [5.41, 5.74) is 2.34. The van der Waals surface area contributed by atoms with Crippen molar-refractivity contribution in [2.45, 2.75) is 63.3 Å². The van der Waals surface area contributed by atoms with Crippen LogP contribution in [0.3, 0.4) is 0 Å². The summed E-state index contributed by atoms with van der Waals surface area (Å²) in [6.07, 6.45) is 2.13. The molecule has 0 bridgehead atoms. The number of carbonyl (C=O) groups is 1. The van der Waals surface area contributed by atoms with E-state index in [1.54, 1.807) is 17.8 Å². The number of nitrogens with one attached hydrogen (secondary N) is 2. The summed E-state index contributed by atoms with van der Waals surface area (Å²) >= 11 is 8.08. The van der Waals surface area contributed by atoms with Crippen molar-refractivity contribution in [1.29, 1.82) is 0 Å². The topological polar surface area (TPSA) is 74.8 Å². The fourth-order valence-corrected chi connectivity index (χ4v) is 5.33. The van der Waals surface area contributed by atoms with E-state index in [9.17, 15) is 9.59 Å². The number of rotatable bonds is 4. The predicted octanol–water partition coefficient (Wildman–Crippen LogP) is 5.51. The Morgan fingerprint density at radius 2 is 2.00 bits per heavy atom. The zero-order valence-electron chi connectivity index (χ0n) is 17.6. The van der Waals surface area contributed by atoms with Crippen molar-refractivity contribution < 1.29 is 4.79 Å². The van der Waals surface area contributed by atoms with Crippen molar-refractivity contribution in [3.8, 4) is 0 Å². The Hall–Kier alpha value is -2.05. The number of thioether (sulfide) groups is 1. The Kier molecular flexibility index (Phi) is 5.58. The normalized spacial score (nSPS) is 21.0. The maximum atomic E-state index is 13.2. The molecule has 2 N–H and O–H groups in total. The first-order valence-corrected chi connectivity index (χ1v) is 11.5. The zero-order chi connectivity index (χ0) is 21.6. The SMILES string of the molecule is CCC(C)Sc1nc2c(c(=O)[nH]1)C(c1ccccc1Cl)C1=C(CC(C)(C)CC1=O)N2. The average Bonchev–Trinajstić information content (AvgIpc) is 2.65. The monoisotopic (exact) mass is 443 g/mol. The Balaban J connectivity index is 1.93. The number of H-pyrrole nitrogens is 1. The van der Waals surface area contributed by atoms with E-state index in [2.05, 4.69) is 38.0 Å². The van der Waals surface area contributed by atoms with Crippen LogP contribution in [0.2, 0.25) is 5.02 Å². The van der Waals surface area contributed by atoms with Crippen molar-refractivity contribution in [2.75, 3.05) is 5.32 Å². The molecule has 0 saturated carbocycles. The molecule has 0 spiro atoms. The van der Waals surface area contributed by atoms with Crippen LogP contribution >= 0.6 is 23.4 Å². The molecule has 0 saturated heterocycles. The molecule has 2 aliphatic rings. The zero-order valence-corrected chi connectivity index (χ0v) is 19.2. The van der Waals surface area contributed by atoms with Crippen LogP contribution in [0.25, 0.3) is 0 Å². The second kappa shape index (κ2) is 7.89. The van der Waals surface area contributed by atoms with Gasteiger partial charge in [0, 0.05) is 33.9 Å². The van der Waals surface area contributed by atoms with Crippen molar-refractivity contribution in [2.24, 2.45) is 5.41 Å². The van der Waals surface area contributed by atoms with Crippen LogP contribution < -0.4 is 10.9 Å². The third-order valence-corrected chi connectivity index (χ3v) is 7.30. The number of allylic oxidation sites excluding steroid dienone is 2. The number of benzene rings is 1. The van der Waals surface area contributed by atoms with E-state index in [0.29, 0.717) is 38.8 Å². The average molecular weight is 444 g/mol. The second-order valence-electron chi connectivity index (χ2n) is 8.88. The quantitative estimate of drug-likeness (QED) is 0.481. The van der Waals surface area contributed by atoms with Gasteiger partial charge in [-0.3, -0.25) is 9.59 Å². The fraction of sp³-hybridized carbons (Fsp3) is 0.435. The van der Waals surface area contributed by atoms with E-state index in [-0.39, 0.29) is 16.8 Å². The lowest BCUT2D eigenvalue weighted by molar-refractivity contribution is -0.118. The van der Waals surface area contributed by atoms with Crippen LogP contribution in [0, 0.1) is 5.41 Å². The lowest BCUT2D eigenvalue weighted by Crippen LogP contribution is -2.37. The fourth-order valence-electron chi connectivity index (χ4n) is 4.24. The molecule has 0 radical (unpaired) electrons. The molecule has 1 aromatic carbocycles. The van der Waals surface area contributed by atoms with Gasteiger partial charge in [-0.05, 0) is 29.9 Å². The van der Waals surface area contributed by atoms with Crippen molar-refractivity contribution in [3.63, 3.8) is 0 Å². The number of hydrogen-bond donors (Lipinski definition) is 2. The Labute approximate surface area is 185 Å². The van der Waals surface area contributed by atoms with Gasteiger partial charge in [0.1, 0.15) is 5.82 Å². The molecule has 2 heterocycles. The number of hydrogen-bond acceptors (Lipinski definition) is 5. The van der Waals surface area contributed by atoms with Gasteiger partial charge in [-0.15, -0.1) is 0 Å². The molecule has 30 heavy (non-hydrogen) atoms. The number of carbonyl (C=O) groups excluding carboxylic acids is 1. The van der Waals surface area contributed by atoms with E-state index >= 15 is 0 Å². The number of nitrogens with zero attached hydrogens (tertiary/aromatic N) is 1. The minimum Gasteiger partial charge on any atom is -0.343 e. The highest BCUT2D eigenvalue weighted by molar-refractivity contribution is 7.99. The number of aromatic amines is 1. The lowest BCUT2D eigenvalue weighted by atomic mass is 9.69. The third kappa shape index (κ3) is 3.83. The smallest absolute Gasteiger partial charge is 0.257 e. The van der Waals surface area contributed by atoms with Crippen LogP contribution in [-0.4, -0.2) is 21.0 Å². The predicted molar refractivity (Wildman–Crippen MR) is 122 cm³/mol. The molecule has 1 aliphatic carbocycles. The van der Waals surface area contributed by atoms with Gasteiger partial charge in [-0.25, -0.2) is 4.98 Å². The van der Waals surface area contributed by atoms with E-state index in [4.69, 9.17) is 16.6 Å². The summed E-state index contributed by atoms with van der Waals surface area (Å²) in [6.45, 7) is 8.39. The number of Topliss-reactive ketones (excluding diaryl/α,β-unsaturated/α-hetero) is 1. The molecule has 4 rings (SSSR count). The first-order valence-electron chi connectivity index (χ1n) is 10.3. The summed E-state index contributed by atoms with van der Waals surface area (Å²) in [7, 11) is 0. The molecule has 1 aliphatic heterocycles.